The van der Waals surface area contributed by atoms with E-state index in [0.717, 1.165) is 6.42 Å². The van der Waals surface area contributed by atoms with Crippen LogP contribution in [-0.4, -0.2) is 46.6 Å². The molecular weight excluding hydrogens is 290 g/mol. The van der Waals surface area contributed by atoms with Crippen molar-refractivity contribution in [1.29, 1.82) is 0 Å². The number of hydrogen-bond donors (Lipinski definition) is 0. The van der Waals surface area contributed by atoms with E-state index in [4.69, 9.17) is 9.47 Å². The lowest BCUT2D eigenvalue weighted by atomic mass is 10.1. The van der Waals surface area contributed by atoms with Gasteiger partial charge in [0.1, 0.15) is 5.75 Å². The number of hydrogen-bond acceptors (Lipinski definition) is 4. The molecule has 0 radical (unpaired) electrons. The molecule has 0 N–H and O–H groups in total. The molecule has 1 aromatic carbocycles. The highest BCUT2D eigenvalue weighted by molar-refractivity contribution is 7.89. The third kappa shape index (κ3) is 4.43. The lowest BCUT2D eigenvalue weighted by molar-refractivity contribution is 0.127. The van der Waals surface area contributed by atoms with Crippen LogP contribution in [0.5, 0.6) is 5.75 Å². The Labute approximate surface area is 127 Å². The number of ether oxygens (including phenoxy) is 2. The van der Waals surface area contributed by atoms with Gasteiger partial charge in [0.25, 0.3) is 0 Å². The van der Waals surface area contributed by atoms with E-state index in [1.807, 2.05) is 6.92 Å². The maximum absolute atomic E-state index is 12.7. The Balaban J connectivity index is 2.97. The fraction of sp³-hybridized carbons (Fsp3) is 0.600. The first-order chi connectivity index (χ1) is 9.84. The van der Waals surface area contributed by atoms with E-state index < -0.39 is 10.0 Å². The maximum Gasteiger partial charge on any atom is 0.243 e. The van der Waals surface area contributed by atoms with Crippen LogP contribution in [0.25, 0.3) is 0 Å². The van der Waals surface area contributed by atoms with Crippen molar-refractivity contribution in [3.05, 3.63) is 23.3 Å². The minimum Gasteiger partial charge on any atom is -0.497 e. The molecule has 0 aliphatic carbocycles. The Kier molecular flexibility index (Phi) is 6.64. The van der Waals surface area contributed by atoms with E-state index in [0.29, 0.717) is 41.5 Å². The molecule has 0 aliphatic rings. The quantitative estimate of drug-likeness (QED) is 0.691. The number of likely N-dealkylation sites (N-methyl/N-ethyl adjacent to an activating group) is 1. The van der Waals surface area contributed by atoms with Gasteiger partial charge in [0.15, 0.2) is 0 Å². The predicted molar refractivity (Wildman–Crippen MR) is 83.4 cm³/mol. The van der Waals surface area contributed by atoms with Gasteiger partial charge in [0, 0.05) is 20.2 Å². The smallest absolute Gasteiger partial charge is 0.243 e. The van der Waals surface area contributed by atoms with E-state index in [1.165, 1.54) is 4.31 Å². The van der Waals surface area contributed by atoms with Gasteiger partial charge in [-0.15, -0.1) is 0 Å². The van der Waals surface area contributed by atoms with Crippen molar-refractivity contribution >= 4 is 10.0 Å². The van der Waals surface area contributed by atoms with E-state index in [-0.39, 0.29) is 0 Å². The minimum absolute atomic E-state index is 0.341. The molecule has 6 heteroatoms. The van der Waals surface area contributed by atoms with Gasteiger partial charge in [-0.25, -0.2) is 8.42 Å². The monoisotopic (exact) mass is 315 g/mol. The number of sulfonamides is 1. The van der Waals surface area contributed by atoms with Gasteiger partial charge in [0.05, 0.1) is 18.6 Å². The number of nitrogens with zero attached hydrogens (tertiary/aromatic N) is 1. The lowest BCUT2D eigenvalue weighted by Crippen LogP contribution is -2.31. The van der Waals surface area contributed by atoms with Gasteiger partial charge in [-0.3, -0.25) is 0 Å². The first kappa shape index (κ1) is 17.9. The zero-order chi connectivity index (χ0) is 16.0. The molecule has 1 aromatic rings. The summed E-state index contributed by atoms with van der Waals surface area (Å²) in [6.45, 7) is 6.97. The van der Waals surface area contributed by atoms with Crippen LogP contribution in [0.15, 0.2) is 17.0 Å². The van der Waals surface area contributed by atoms with Crippen LogP contribution in [0, 0.1) is 13.8 Å². The Morgan fingerprint density at radius 3 is 2.19 bits per heavy atom. The summed E-state index contributed by atoms with van der Waals surface area (Å²) < 4.78 is 37.2. The fourth-order valence-electron chi connectivity index (χ4n) is 2.15. The molecule has 1 rings (SSSR count). The number of aryl methyl sites for hydroxylation is 2. The lowest BCUT2D eigenvalue weighted by Gasteiger charge is -2.20. The van der Waals surface area contributed by atoms with E-state index in [9.17, 15) is 8.42 Å². The molecule has 0 spiro atoms. The van der Waals surface area contributed by atoms with Crippen molar-refractivity contribution in [3.8, 4) is 5.75 Å². The second kappa shape index (κ2) is 7.77. The molecule has 0 unspecified atom stereocenters. The minimum atomic E-state index is -3.51. The highest BCUT2D eigenvalue weighted by Crippen LogP contribution is 2.27. The highest BCUT2D eigenvalue weighted by Gasteiger charge is 2.25. The predicted octanol–water partition coefficient (Wildman–Crippen LogP) is 2.36. The molecule has 0 amide bonds. The second-order valence-corrected chi connectivity index (χ2v) is 7.01. The Morgan fingerprint density at radius 2 is 1.71 bits per heavy atom. The average Bonchev–Trinajstić information content (AvgIpc) is 2.42. The van der Waals surface area contributed by atoms with Crippen molar-refractivity contribution in [2.45, 2.75) is 32.1 Å². The Morgan fingerprint density at radius 1 is 1.14 bits per heavy atom. The second-order valence-electron chi connectivity index (χ2n) is 5.03. The summed E-state index contributed by atoms with van der Waals surface area (Å²) >= 11 is 0. The van der Waals surface area contributed by atoms with Crippen LogP contribution in [0.2, 0.25) is 0 Å². The summed E-state index contributed by atoms with van der Waals surface area (Å²) in [4.78, 5) is 0.348. The molecule has 0 heterocycles. The summed E-state index contributed by atoms with van der Waals surface area (Å²) in [5.41, 5.74) is 1.38. The van der Waals surface area contributed by atoms with Crippen molar-refractivity contribution in [3.63, 3.8) is 0 Å². The van der Waals surface area contributed by atoms with Crippen LogP contribution in [0.1, 0.15) is 24.5 Å². The number of benzene rings is 1. The van der Waals surface area contributed by atoms with E-state index >= 15 is 0 Å². The highest BCUT2D eigenvalue weighted by atomic mass is 32.2. The molecule has 120 valence electrons. The fourth-order valence-corrected chi connectivity index (χ4v) is 3.71. The summed E-state index contributed by atoms with van der Waals surface area (Å²) in [6.07, 6.45) is 0.924. The third-order valence-corrected chi connectivity index (χ3v) is 5.40. The topological polar surface area (TPSA) is 55.8 Å². The number of methoxy groups -OCH3 is 1. The normalized spacial score (nSPS) is 11.9. The van der Waals surface area contributed by atoms with Gasteiger partial charge < -0.3 is 9.47 Å². The van der Waals surface area contributed by atoms with Gasteiger partial charge in [-0.2, -0.15) is 4.31 Å². The molecule has 0 aliphatic heterocycles. The Bertz CT molecular complexity index is 546. The zero-order valence-corrected chi connectivity index (χ0v) is 14.3. The van der Waals surface area contributed by atoms with Gasteiger partial charge >= 0.3 is 0 Å². The molecule has 0 saturated heterocycles. The zero-order valence-electron chi connectivity index (χ0n) is 13.5. The molecule has 0 saturated carbocycles. The standard InChI is InChI=1S/C15H25NO4S/c1-6-8-20-9-7-16(4)21(17,18)15-12(2)10-14(19-5)11-13(15)3/h10-11H,6-9H2,1-5H3. The van der Waals surface area contributed by atoms with Crippen LogP contribution in [0.3, 0.4) is 0 Å². The van der Waals surface area contributed by atoms with Crippen molar-refractivity contribution in [2.24, 2.45) is 0 Å². The van der Waals surface area contributed by atoms with Crippen LogP contribution >= 0.6 is 0 Å². The largest absolute Gasteiger partial charge is 0.497 e. The van der Waals surface area contributed by atoms with Gasteiger partial charge in [-0.1, -0.05) is 6.92 Å². The summed E-state index contributed by atoms with van der Waals surface area (Å²) in [5, 5.41) is 0. The SMILES string of the molecule is CCCOCCN(C)S(=O)(=O)c1c(C)cc(OC)cc1C. The maximum atomic E-state index is 12.7. The summed E-state index contributed by atoms with van der Waals surface area (Å²) in [5.74, 6) is 0.665. The van der Waals surface area contributed by atoms with Crippen LogP contribution < -0.4 is 4.74 Å². The number of rotatable bonds is 8. The van der Waals surface area contributed by atoms with Crippen molar-refractivity contribution < 1.29 is 17.9 Å². The summed E-state index contributed by atoms with van der Waals surface area (Å²) in [6, 6.07) is 3.47. The molecule has 0 aromatic heterocycles. The van der Waals surface area contributed by atoms with Crippen LogP contribution in [-0.2, 0) is 14.8 Å². The third-order valence-electron chi connectivity index (χ3n) is 3.24. The van der Waals surface area contributed by atoms with Crippen molar-refractivity contribution in [2.75, 3.05) is 33.9 Å². The molecular formula is C15H25NO4S. The molecule has 0 fully saturated rings. The van der Waals surface area contributed by atoms with Gasteiger partial charge in [-0.05, 0) is 43.5 Å². The van der Waals surface area contributed by atoms with Crippen LogP contribution in [0.4, 0.5) is 0 Å². The Hall–Kier alpha value is -1.11. The van der Waals surface area contributed by atoms with E-state index in [2.05, 4.69) is 0 Å². The van der Waals surface area contributed by atoms with Crippen molar-refractivity contribution in [1.82, 2.24) is 4.31 Å². The first-order valence-electron chi connectivity index (χ1n) is 7.04. The molecule has 5 nitrogen and oxygen atoms in total. The van der Waals surface area contributed by atoms with Gasteiger partial charge in [0.2, 0.25) is 10.0 Å². The van der Waals surface area contributed by atoms with E-state index in [1.54, 1.807) is 40.1 Å². The summed E-state index contributed by atoms with van der Waals surface area (Å²) in [7, 11) is -0.369. The molecule has 21 heavy (non-hydrogen) atoms. The average molecular weight is 315 g/mol. The molecule has 0 atom stereocenters. The molecule has 0 bridgehead atoms. The first-order valence-corrected chi connectivity index (χ1v) is 8.48.